The molecule has 2 aromatic carbocycles. The minimum atomic E-state index is -0.272. The number of carbonyl (C=O) groups excluding carboxylic acids is 2. The SMILES string of the molecule is C=CCNC(=O)c1ccccc1NC(=O)CCCc1nc(-c2ccc(Cl)cc2)no1. The van der Waals surface area contributed by atoms with Crippen molar-refractivity contribution in [3.63, 3.8) is 0 Å². The highest BCUT2D eigenvalue weighted by Gasteiger charge is 2.13. The fraction of sp³-hybridized carbons (Fsp3) is 0.182. The summed E-state index contributed by atoms with van der Waals surface area (Å²) in [4.78, 5) is 28.9. The van der Waals surface area contributed by atoms with E-state index in [1.165, 1.54) is 0 Å². The maximum absolute atomic E-state index is 12.3. The monoisotopic (exact) mass is 424 g/mol. The first kappa shape index (κ1) is 21.3. The van der Waals surface area contributed by atoms with Crippen LogP contribution in [0.25, 0.3) is 11.4 Å². The molecule has 0 fully saturated rings. The second-order valence-corrected chi connectivity index (χ2v) is 6.90. The van der Waals surface area contributed by atoms with E-state index >= 15 is 0 Å². The van der Waals surface area contributed by atoms with E-state index < -0.39 is 0 Å². The van der Waals surface area contributed by atoms with Crippen LogP contribution in [0.5, 0.6) is 0 Å². The van der Waals surface area contributed by atoms with E-state index in [4.69, 9.17) is 16.1 Å². The molecule has 0 aliphatic carbocycles. The van der Waals surface area contributed by atoms with Gasteiger partial charge in [-0.2, -0.15) is 4.98 Å². The van der Waals surface area contributed by atoms with Gasteiger partial charge in [-0.15, -0.1) is 6.58 Å². The fourth-order valence-electron chi connectivity index (χ4n) is 2.74. The molecule has 0 aliphatic rings. The number of rotatable bonds is 9. The minimum Gasteiger partial charge on any atom is -0.349 e. The zero-order chi connectivity index (χ0) is 21.3. The van der Waals surface area contributed by atoms with Gasteiger partial charge in [-0.3, -0.25) is 9.59 Å². The van der Waals surface area contributed by atoms with Crippen molar-refractivity contribution in [1.82, 2.24) is 15.5 Å². The molecule has 0 radical (unpaired) electrons. The first-order chi connectivity index (χ1) is 14.6. The molecule has 2 amide bonds. The smallest absolute Gasteiger partial charge is 0.253 e. The molecule has 7 nitrogen and oxygen atoms in total. The molecule has 3 aromatic rings. The number of aryl methyl sites for hydroxylation is 1. The second kappa shape index (κ2) is 10.4. The molecule has 0 saturated heterocycles. The Morgan fingerprint density at radius 2 is 1.90 bits per heavy atom. The van der Waals surface area contributed by atoms with Crippen molar-refractivity contribution in [2.75, 3.05) is 11.9 Å². The van der Waals surface area contributed by atoms with Gasteiger partial charge in [0.05, 0.1) is 11.3 Å². The zero-order valence-electron chi connectivity index (χ0n) is 16.2. The summed E-state index contributed by atoms with van der Waals surface area (Å²) in [6.07, 6.45) is 2.84. The van der Waals surface area contributed by atoms with E-state index in [1.807, 2.05) is 12.1 Å². The minimum absolute atomic E-state index is 0.198. The van der Waals surface area contributed by atoms with Crippen molar-refractivity contribution in [3.05, 3.63) is 77.7 Å². The van der Waals surface area contributed by atoms with Crippen LogP contribution in [-0.4, -0.2) is 28.5 Å². The van der Waals surface area contributed by atoms with Gasteiger partial charge in [0.2, 0.25) is 17.6 Å². The first-order valence-corrected chi connectivity index (χ1v) is 9.81. The van der Waals surface area contributed by atoms with Crippen LogP contribution in [0.3, 0.4) is 0 Å². The second-order valence-electron chi connectivity index (χ2n) is 6.46. The number of amides is 2. The number of halogens is 1. The van der Waals surface area contributed by atoms with Crippen molar-refractivity contribution in [3.8, 4) is 11.4 Å². The summed E-state index contributed by atoms with van der Waals surface area (Å²) in [5.41, 5.74) is 1.67. The summed E-state index contributed by atoms with van der Waals surface area (Å²) >= 11 is 5.88. The number of anilines is 1. The largest absolute Gasteiger partial charge is 0.349 e. The predicted molar refractivity (Wildman–Crippen MR) is 115 cm³/mol. The lowest BCUT2D eigenvalue weighted by atomic mass is 10.1. The third-order valence-electron chi connectivity index (χ3n) is 4.22. The van der Waals surface area contributed by atoms with Crippen LogP contribution in [-0.2, 0) is 11.2 Å². The first-order valence-electron chi connectivity index (χ1n) is 9.43. The Kier molecular flexibility index (Phi) is 7.34. The lowest BCUT2D eigenvalue weighted by Crippen LogP contribution is -2.25. The highest BCUT2D eigenvalue weighted by molar-refractivity contribution is 6.30. The Morgan fingerprint density at radius 3 is 2.67 bits per heavy atom. The van der Waals surface area contributed by atoms with E-state index in [2.05, 4.69) is 27.4 Å². The van der Waals surface area contributed by atoms with E-state index in [0.717, 1.165) is 5.56 Å². The van der Waals surface area contributed by atoms with Gasteiger partial charge >= 0.3 is 0 Å². The van der Waals surface area contributed by atoms with Crippen molar-refractivity contribution >= 4 is 29.1 Å². The van der Waals surface area contributed by atoms with E-state index in [9.17, 15) is 9.59 Å². The Labute approximate surface area is 179 Å². The molecule has 0 atom stereocenters. The van der Waals surface area contributed by atoms with Gasteiger partial charge in [-0.05, 0) is 42.8 Å². The Bertz CT molecular complexity index is 1030. The summed E-state index contributed by atoms with van der Waals surface area (Å²) in [5.74, 6) is 0.463. The molecule has 1 heterocycles. The van der Waals surface area contributed by atoms with Gasteiger partial charge in [0.25, 0.3) is 5.91 Å². The van der Waals surface area contributed by atoms with E-state index in [-0.39, 0.29) is 18.2 Å². The van der Waals surface area contributed by atoms with Crippen LogP contribution < -0.4 is 10.6 Å². The summed E-state index contributed by atoms with van der Waals surface area (Å²) < 4.78 is 5.25. The number of carbonyl (C=O) groups is 2. The average molecular weight is 425 g/mol. The van der Waals surface area contributed by atoms with Crippen LogP contribution in [0, 0.1) is 0 Å². The highest BCUT2D eigenvalue weighted by atomic mass is 35.5. The van der Waals surface area contributed by atoms with Crippen LogP contribution in [0.15, 0.2) is 65.7 Å². The third kappa shape index (κ3) is 5.78. The number of benzene rings is 2. The predicted octanol–water partition coefficient (Wildman–Crippen LogP) is 4.27. The summed E-state index contributed by atoms with van der Waals surface area (Å²) in [5, 5.41) is 10.1. The van der Waals surface area contributed by atoms with Gasteiger partial charge in [-0.25, -0.2) is 0 Å². The Hall–Kier alpha value is -3.45. The van der Waals surface area contributed by atoms with Crippen LogP contribution in [0.1, 0.15) is 29.1 Å². The molecule has 0 spiro atoms. The van der Waals surface area contributed by atoms with Crippen molar-refractivity contribution in [2.45, 2.75) is 19.3 Å². The van der Waals surface area contributed by atoms with Gasteiger partial charge < -0.3 is 15.2 Å². The lowest BCUT2D eigenvalue weighted by molar-refractivity contribution is -0.116. The van der Waals surface area contributed by atoms with Gasteiger partial charge in [-0.1, -0.05) is 35.0 Å². The van der Waals surface area contributed by atoms with Crippen molar-refractivity contribution < 1.29 is 14.1 Å². The topological polar surface area (TPSA) is 97.1 Å². The maximum atomic E-state index is 12.3. The molecular weight excluding hydrogens is 404 g/mol. The molecule has 1 aromatic heterocycles. The van der Waals surface area contributed by atoms with Crippen LogP contribution in [0.2, 0.25) is 5.02 Å². The van der Waals surface area contributed by atoms with Gasteiger partial charge in [0.1, 0.15) is 0 Å². The average Bonchev–Trinajstić information content (AvgIpc) is 3.22. The highest BCUT2D eigenvalue weighted by Crippen LogP contribution is 2.19. The zero-order valence-corrected chi connectivity index (χ0v) is 17.0. The molecule has 3 rings (SSSR count). The molecule has 0 aliphatic heterocycles. The van der Waals surface area contributed by atoms with Gasteiger partial charge in [0, 0.05) is 30.0 Å². The molecule has 8 heteroatoms. The molecule has 0 bridgehead atoms. The maximum Gasteiger partial charge on any atom is 0.253 e. The number of aromatic nitrogens is 2. The number of nitrogens with zero attached hydrogens (tertiary/aromatic N) is 2. The lowest BCUT2D eigenvalue weighted by Gasteiger charge is -2.10. The van der Waals surface area contributed by atoms with Crippen molar-refractivity contribution in [1.29, 1.82) is 0 Å². The normalized spacial score (nSPS) is 10.4. The Balaban J connectivity index is 1.52. The van der Waals surface area contributed by atoms with Gasteiger partial charge in [0.15, 0.2) is 0 Å². The quantitative estimate of drug-likeness (QED) is 0.500. The van der Waals surface area contributed by atoms with E-state index in [0.29, 0.717) is 47.4 Å². The molecule has 0 saturated carbocycles. The van der Waals surface area contributed by atoms with E-state index in [1.54, 1.807) is 42.5 Å². The van der Waals surface area contributed by atoms with Crippen LogP contribution >= 0.6 is 11.6 Å². The summed E-state index contributed by atoms with van der Waals surface area (Å²) in [7, 11) is 0. The summed E-state index contributed by atoms with van der Waals surface area (Å²) in [6, 6.07) is 14.0. The third-order valence-corrected chi connectivity index (χ3v) is 4.47. The number of hydrogen-bond donors (Lipinski definition) is 2. The molecular formula is C22H21ClN4O3. The summed E-state index contributed by atoms with van der Waals surface area (Å²) in [6.45, 7) is 3.92. The van der Waals surface area contributed by atoms with Crippen LogP contribution in [0.4, 0.5) is 5.69 Å². The van der Waals surface area contributed by atoms with Crippen molar-refractivity contribution in [2.24, 2.45) is 0 Å². The number of hydrogen-bond acceptors (Lipinski definition) is 5. The number of nitrogens with one attached hydrogen (secondary N) is 2. The standard InChI is InChI=1S/C22H21ClN4O3/c1-2-14-24-22(29)17-6-3-4-7-18(17)25-19(28)8-5-9-20-26-21(27-30-20)15-10-12-16(23)13-11-15/h2-4,6-7,10-13H,1,5,8-9,14H2,(H,24,29)(H,25,28). The Morgan fingerprint density at radius 1 is 1.13 bits per heavy atom. The molecule has 30 heavy (non-hydrogen) atoms. The molecule has 2 N–H and O–H groups in total. The molecule has 154 valence electrons. The molecule has 0 unspecified atom stereocenters. The fourth-order valence-corrected chi connectivity index (χ4v) is 2.86. The number of para-hydroxylation sites is 1.